The summed E-state index contributed by atoms with van der Waals surface area (Å²) in [4.78, 5) is 8.07. The molecule has 1 heterocycles. The largest absolute Gasteiger partial charge is 0.368 e. The molecule has 0 amide bonds. The molecule has 1 aromatic heterocycles. The van der Waals surface area contributed by atoms with Crippen LogP contribution < -0.4 is 5.73 Å². The molecule has 4 nitrogen and oxygen atoms in total. The lowest BCUT2D eigenvalue weighted by Gasteiger charge is -2.04. The lowest BCUT2D eigenvalue weighted by Crippen LogP contribution is -2.04. The van der Waals surface area contributed by atoms with Crippen molar-refractivity contribution in [3.63, 3.8) is 0 Å². The summed E-state index contributed by atoms with van der Waals surface area (Å²) in [5.41, 5.74) is 7.66. The average Bonchev–Trinajstić information content (AvgIpc) is 2.85. The summed E-state index contributed by atoms with van der Waals surface area (Å²) in [6.45, 7) is 1.79. The Labute approximate surface area is 76.4 Å². The number of aryl methyl sites for hydroxylation is 1. The van der Waals surface area contributed by atoms with Crippen LogP contribution in [0.5, 0.6) is 0 Å². The number of nitrogens with two attached hydrogens (primary N) is 1. The van der Waals surface area contributed by atoms with Gasteiger partial charge in [0, 0.05) is 5.92 Å². The zero-order chi connectivity index (χ0) is 9.42. The van der Waals surface area contributed by atoms with Gasteiger partial charge in [-0.2, -0.15) is 5.26 Å². The van der Waals surface area contributed by atoms with Crippen LogP contribution in [0.4, 0.5) is 5.95 Å². The smallest absolute Gasteiger partial charge is 0.220 e. The molecule has 0 unspecified atom stereocenters. The molecule has 4 heteroatoms. The van der Waals surface area contributed by atoms with Gasteiger partial charge in [-0.3, -0.25) is 0 Å². The summed E-state index contributed by atoms with van der Waals surface area (Å²) in [5, 5.41) is 8.90. The van der Waals surface area contributed by atoms with Gasteiger partial charge in [0.15, 0.2) is 0 Å². The molecule has 1 aromatic rings. The molecule has 0 bridgehead atoms. The van der Waals surface area contributed by atoms with Gasteiger partial charge in [0.05, 0.1) is 17.0 Å². The van der Waals surface area contributed by atoms with E-state index in [9.17, 15) is 0 Å². The number of anilines is 1. The van der Waals surface area contributed by atoms with E-state index in [2.05, 4.69) is 16.0 Å². The van der Waals surface area contributed by atoms with Gasteiger partial charge in [-0.15, -0.1) is 0 Å². The van der Waals surface area contributed by atoms with Crippen molar-refractivity contribution in [2.75, 3.05) is 5.73 Å². The van der Waals surface area contributed by atoms with Crippen LogP contribution in [0.25, 0.3) is 0 Å². The lowest BCUT2D eigenvalue weighted by atomic mass is 10.1. The number of nitrogens with zero attached hydrogens (tertiary/aromatic N) is 3. The van der Waals surface area contributed by atoms with E-state index in [1.54, 1.807) is 6.92 Å². The topological polar surface area (TPSA) is 75.6 Å². The standard InChI is InChI=1S/C9H10N4/c1-5-7(4-10)8(6-2-3-6)13-9(11)12-5/h6H,2-3H2,1H3,(H2,11,12,13). The first-order valence-electron chi connectivity index (χ1n) is 4.26. The summed E-state index contributed by atoms with van der Waals surface area (Å²) in [7, 11) is 0. The van der Waals surface area contributed by atoms with E-state index in [-0.39, 0.29) is 5.95 Å². The molecule has 0 radical (unpaired) electrons. The molecule has 2 rings (SSSR count). The van der Waals surface area contributed by atoms with Crippen molar-refractivity contribution in [1.82, 2.24) is 9.97 Å². The molecular weight excluding hydrogens is 164 g/mol. The number of aromatic nitrogens is 2. The summed E-state index contributed by atoms with van der Waals surface area (Å²) >= 11 is 0. The van der Waals surface area contributed by atoms with Gasteiger partial charge in [-0.25, -0.2) is 9.97 Å². The minimum Gasteiger partial charge on any atom is -0.368 e. The molecule has 0 aliphatic heterocycles. The van der Waals surface area contributed by atoms with Gasteiger partial charge >= 0.3 is 0 Å². The van der Waals surface area contributed by atoms with Crippen LogP contribution in [0.15, 0.2) is 0 Å². The maximum Gasteiger partial charge on any atom is 0.220 e. The normalized spacial score (nSPS) is 15.4. The van der Waals surface area contributed by atoms with E-state index in [0.717, 1.165) is 18.5 Å². The maximum absolute atomic E-state index is 8.90. The van der Waals surface area contributed by atoms with Crippen LogP contribution >= 0.6 is 0 Å². The highest BCUT2D eigenvalue weighted by molar-refractivity contribution is 5.43. The minimum atomic E-state index is 0.276. The fourth-order valence-corrected chi connectivity index (χ4v) is 1.41. The van der Waals surface area contributed by atoms with E-state index in [1.165, 1.54) is 0 Å². The second-order valence-electron chi connectivity index (χ2n) is 3.31. The van der Waals surface area contributed by atoms with Crippen LogP contribution in [0.2, 0.25) is 0 Å². The Morgan fingerprint density at radius 2 is 2.15 bits per heavy atom. The Morgan fingerprint density at radius 1 is 1.46 bits per heavy atom. The molecule has 1 saturated carbocycles. The molecule has 0 atom stereocenters. The van der Waals surface area contributed by atoms with E-state index < -0.39 is 0 Å². The second kappa shape index (κ2) is 2.70. The monoisotopic (exact) mass is 174 g/mol. The van der Waals surface area contributed by atoms with E-state index in [1.807, 2.05) is 0 Å². The van der Waals surface area contributed by atoms with Crippen molar-refractivity contribution in [3.05, 3.63) is 17.0 Å². The molecule has 2 N–H and O–H groups in total. The summed E-state index contributed by atoms with van der Waals surface area (Å²) < 4.78 is 0. The van der Waals surface area contributed by atoms with Crippen LogP contribution in [0.3, 0.4) is 0 Å². The Kier molecular flexibility index (Phi) is 1.66. The van der Waals surface area contributed by atoms with E-state index in [4.69, 9.17) is 11.0 Å². The van der Waals surface area contributed by atoms with Gasteiger partial charge in [0.25, 0.3) is 0 Å². The van der Waals surface area contributed by atoms with E-state index >= 15 is 0 Å². The summed E-state index contributed by atoms with van der Waals surface area (Å²) in [6.07, 6.45) is 2.23. The Hall–Kier alpha value is -1.63. The first kappa shape index (κ1) is 7.99. The third-order valence-corrected chi connectivity index (χ3v) is 2.21. The van der Waals surface area contributed by atoms with Crippen LogP contribution in [0, 0.1) is 18.3 Å². The number of rotatable bonds is 1. The predicted molar refractivity (Wildman–Crippen MR) is 47.9 cm³/mol. The second-order valence-corrected chi connectivity index (χ2v) is 3.31. The average molecular weight is 174 g/mol. The molecule has 1 aliphatic carbocycles. The van der Waals surface area contributed by atoms with Gasteiger partial charge in [0.1, 0.15) is 6.07 Å². The first-order valence-corrected chi connectivity index (χ1v) is 4.26. The van der Waals surface area contributed by atoms with Crippen molar-refractivity contribution in [2.24, 2.45) is 0 Å². The fourth-order valence-electron chi connectivity index (χ4n) is 1.41. The highest BCUT2D eigenvalue weighted by Gasteiger charge is 2.29. The molecule has 1 aliphatic rings. The molecule has 0 saturated heterocycles. The lowest BCUT2D eigenvalue weighted by molar-refractivity contribution is 0.964. The summed E-state index contributed by atoms with van der Waals surface area (Å²) in [5.74, 6) is 0.719. The van der Waals surface area contributed by atoms with Crippen LogP contribution in [-0.4, -0.2) is 9.97 Å². The van der Waals surface area contributed by atoms with Gasteiger partial charge in [-0.05, 0) is 19.8 Å². The highest BCUT2D eigenvalue weighted by atomic mass is 15.0. The predicted octanol–water partition coefficient (Wildman–Crippen LogP) is 1.12. The number of hydrogen-bond donors (Lipinski definition) is 1. The van der Waals surface area contributed by atoms with Crippen LogP contribution in [0.1, 0.15) is 35.7 Å². The van der Waals surface area contributed by atoms with E-state index in [0.29, 0.717) is 17.2 Å². The van der Waals surface area contributed by atoms with Crippen molar-refractivity contribution in [2.45, 2.75) is 25.7 Å². The van der Waals surface area contributed by atoms with Gasteiger partial charge in [0.2, 0.25) is 5.95 Å². The van der Waals surface area contributed by atoms with Crippen molar-refractivity contribution in [3.8, 4) is 6.07 Å². The molecule has 0 spiro atoms. The third kappa shape index (κ3) is 1.33. The Morgan fingerprint density at radius 3 is 2.69 bits per heavy atom. The molecular formula is C9H10N4. The molecule has 1 fully saturated rings. The van der Waals surface area contributed by atoms with Crippen LogP contribution in [-0.2, 0) is 0 Å². The zero-order valence-electron chi connectivity index (χ0n) is 7.41. The Bertz CT molecular complexity index is 387. The summed E-state index contributed by atoms with van der Waals surface area (Å²) in [6, 6.07) is 2.13. The van der Waals surface area contributed by atoms with Gasteiger partial charge in [-0.1, -0.05) is 0 Å². The number of nitriles is 1. The highest BCUT2D eigenvalue weighted by Crippen LogP contribution is 2.40. The number of nitrogen functional groups attached to an aromatic ring is 1. The minimum absolute atomic E-state index is 0.276. The SMILES string of the molecule is Cc1nc(N)nc(C2CC2)c1C#N. The quantitative estimate of drug-likeness (QED) is 0.692. The fraction of sp³-hybridized carbons (Fsp3) is 0.444. The molecule has 66 valence electrons. The first-order chi connectivity index (χ1) is 6.22. The molecule has 13 heavy (non-hydrogen) atoms. The molecule has 0 aromatic carbocycles. The third-order valence-electron chi connectivity index (χ3n) is 2.21. The van der Waals surface area contributed by atoms with Crippen molar-refractivity contribution < 1.29 is 0 Å². The van der Waals surface area contributed by atoms with Gasteiger partial charge < -0.3 is 5.73 Å². The number of hydrogen-bond acceptors (Lipinski definition) is 4. The maximum atomic E-state index is 8.90. The zero-order valence-corrected chi connectivity index (χ0v) is 7.41. The van der Waals surface area contributed by atoms with Crippen molar-refractivity contribution >= 4 is 5.95 Å². The van der Waals surface area contributed by atoms with Crippen molar-refractivity contribution in [1.29, 1.82) is 5.26 Å². The Balaban J connectivity index is 2.58.